The van der Waals surface area contributed by atoms with E-state index in [0.717, 1.165) is 57.3 Å². The molecule has 0 amide bonds. The summed E-state index contributed by atoms with van der Waals surface area (Å²) in [6, 6.07) is 4.16. The standard InChI is InChI=1S/C14H24N2O2/c1-3-6-15-9-13-4-5-14(18-13)11-16-7-8-17-12(2)10-16/h4-5,12,15H,3,6-11H2,1-2H3. The number of hydrogen-bond acceptors (Lipinski definition) is 4. The van der Waals surface area contributed by atoms with Crippen molar-refractivity contribution < 1.29 is 9.15 Å². The highest BCUT2D eigenvalue weighted by molar-refractivity contribution is 5.07. The van der Waals surface area contributed by atoms with E-state index in [1.54, 1.807) is 0 Å². The number of ether oxygens (including phenoxy) is 1. The molecule has 2 rings (SSSR count). The molecule has 1 aromatic heterocycles. The SMILES string of the molecule is CCCNCc1ccc(CN2CCOC(C)C2)o1. The van der Waals surface area contributed by atoms with Crippen LogP contribution in [0, 0.1) is 0 Å². The molecule has 1 unspecified atom stereocenters. The molecule has 102 valence electrons. The number of hydrogen-bond donors (Lipinski definition) is 1. The monoisotopic (exact) mass is 252 g/mol. The molecule has 4 heteroatoms. The predicted molar refractivity (Wildman–Crippen MR) is 71.4 cm³/mol. The summed E-state index contributed by atoms with van der Waals surface area (Å²) in [6.45, 7) is 9.85. The predicted octanol–water partition coefficient (Wildman–Crippen LogP) is 2.00. The normalized spacial score (nSPS) is 21.3. The molecule has 1 atom stereocenters. The number of morpholine rings is 1. The van der Waals surface area contributed by atoms with Crippen LogP contribution in [0.5, 0.6) is 0 Å². The molecule has 0 saturated carbocycles. The van der Waals surface area contributed by atoms with E-state index in [-0.39, 0.29) is 0 Å². The Hall–Kier alpha value is -0.840. The summed E-state index contributed by atoms with van der Waals surface area (Å²) in [7, 11) is 0. The van der Waals surface area contributed by atoms with Crippen LogP contribution in [0.25, 0.3) is 0 Å². The zero-order valence-corrected chi connectivity index (χ0v) is 11.4. The molecule has 4 nitrogen and oxygen atoms in total. The Bertz CT molecular complexity index is 351. The molecule has 1 aliphatic rings. The first-order valence-electron chi connectivity index (χ1n) is 6.90. The van der Waals surface area contributed by atoms with Crippen molar-refractivity contribution in [3.8, 4) is 0 Å². The van der Waals surface area contributed by atoms with Crippen molar-refractivity contribution in [1.29, 1.82) is 0 Å². The summed E-state index contributed by atoms with van der Waals surface area (Å²) < 4.78 is 11.4. The van der Waals surface area contributed by atoms with Crippen molar-refractivity contribution in [3.05, 3.63) is 23.7 Å². The zero-order valence-electron chi connectivity index (χ0n) is 11.4. The minimum atomic E-state index is 0.333. The van der Waals surface area contributed by atoms with E-state index >= 15 is 0 Å². The van der Waals surface area contributed by atoms with E-state index in [2.05, 4.69) is 36.2 Å². The highest BCUT2D eigenvalue weighted by atomic mass is 16.5. The van der Waals surface area contributed by atoms with Gasteiger partial charge in [0.15, 0.2) is 0 Å². The Kier molecular flexibility index (Phi) is 5.23. The zero-order chi connectivity index (χ0) is 12.8. The maximum atomic E-state index is 5.82. The molecule has 18 heavy (non-hydrogen) atoms. The van der Waals surface area contributed by atoms with Crippen LogP contribution in [0.2, 0.25) is 0 Å². The third-order valence-corrected chi connectivity index (χ3v) is 3.15. The highest BCUT2D eigenvalue weighted by Gasteiger charge is 2.17. The third-order valence-electron chi connectivity index (χ3n) is 3.15. The molecule has 1 aromatic rings. The van der Waals surface area contributed by atoms with Crippen molar-refractivity contribution >= 4 is 0 Å². The maximum absolute atomic E-state index is 5.82. The first kappa shape index (κ1) is 13.6. The van der Waals surface area contributed by atoms with E-state index in [1.807, 2.05) is 0 Å². The first-order valence-corrected chi connectivity index (χ1v) is 6.90. The average molecular weight is 252 g/mol. The molecule has 0 radical (unpaired) electrons. The molecular formula is C14H24N2O2. The fraction of sp³-hybridized carbons (Fsp3) is 0.714. The van der Waals surface area contributed by atoms with E-state index in [0.29, 0.717) is 6.10 Å². The van der Waals surface area contributed by atoms with Crippen molar-refractivity contribution in [2.24, 2.45) is 0 Å². The Labute approximate surface area is 109 Å². The summed E-state index contributed by atoms with van der Waals surface area (Å²) in [5.41, 5.74) is 0. The fourth-order valence-corrected chi connectivity index (χ4v) is 2.25. The molecule has 1 N–H and O–H groups in total. The van der Waals surface area contributed by atoms with Crippen molar-refractivity contribution in [3.63, 3.8) is 0 Å². The molecule has 1 fully saturated rings. The van der Waals surface area contributed by atoms with Crippen LogP contribution < -0.4 is 5.32 Å². The van der Waals surface area contributed by atoms with Crippen LogP contribution in [0.4, 0.5) is 0 Å². The van der Waals surface area contributed by atoms with Gasteiger partial charge in [-0.25, -0.2) is 0 Å². The second-order valence-corrected chi connectivity index (χ2v) is 4.96. The topological polar surface area (TPSA) is 37.6 Å². The van der Waals surface area contributed by atoms with E-state index in [1.165, 1.54) is 0 Å². The lowest BCUT2D eigenvalue weighted by molar-refractivity contribution is -0.0231. The molecule has 0 bridgehead atoms. The highest BCUT2D eigenvalue weighted by Crippen LogP contribution is 2.13. The van der Waals surface area contributed by atoms with Crippen LogP contribution in [-0.2, 0) is 17.8 Å². The summed E-state index contributed by atoms with van der Waals surface area (Å²) in [4.78, 5) is 2.39. The quantitative estimate of drug-likeness (QED) is 0.786. The van der Waals surface area contributed by atoms with Gasteiger partial charge in [0.25, 0.3) is 0 Å². The van der Waals surface area contributed by atoms with E-state index in [9.17, 15) is 0 Å². The van der Waals surface area contributed by atoms with Gasteiger partial charge < -0.3 is 14.5 Å². The van der Waals surface area contributed by atoms with Crippen LogP contribution >= 0.6 is 0 Å². The van der Waals surface area contributed by atoms with Gasteiger partial charge in [-0.3, -0.25) is 4.90 Å². The van der Waals surface area contributed by atoms with Gasteiger partial charge in [0, 0.05) is 13.1 Å². The Morgan fingerprint density at radius 1 is 1.39 bits per heavy atom. The Morgan fingerprint density at radius 2 is 2.22 bits per heavy atom. The first-order chi connectivity index (χ1) is 8.78. The minimum absolute atomic E-state index is 0.333. The maximum Gasteiger partial charge on any atom is 0.118 e. The molecule has 0 aromatic carbocycles. The second kappa shape index (κ2) is 6.92. The Morgan fingerprint density at radius 3 is 3.00 bits per heavy atom. The molecular weight excluding hydrogens is 228 g/mol. The number of nitrogens with one attached hydrogen (secondary N) is 1. The number of rotatable bonds is 6. The van der Waals surface area contributed by atoms with Gasteiger partial charge in [-0.05, 0) is 32.0 Å². The van der Waals surface area contributed by atoms with Gasteiger partial charge in [-0.1, -0.05) is 6.92 Å². The molecule has 1 saturated heterocycles. The summed E-state index contributed by atoms with van der Waals surface area (Å²) >= 11 is 0. The molecule has 0 spiro atoms. The van der Waals surface area contributed by atoms with Gasteiger partial charge in [-0.2, -0.15) is 0 Å². The summed E-state index contributed by atoms with van der Waals surface area (Å²) in [5.74, 6) is 2.08. The lowest BCUT2D eigenvalue weighted by atomic mass is 10.3. The smallest absolute Gasteiger partial charge is 0.118 e. The van der Waals surface area contributed by atoms with E-state index < -0.39 is 0 Å². The third kappa shape index (κ3) is 4.12. The lowest BCUT2D eigenvalue weighted by Crippen LogP contribution is -2.40. The largest absolute Gasteiger partial charge is 0.463 e. The fourth-order valence-electron chi connectivity index (χ4n) is 2.25. The van der Waals surface area contributed by atoms with Gasteiger partial charge in [-0.15, -0.1) is 0 Å². The van der Waals surface area contributed by atoms with Crippen molar-refractivity contribution in [1.82, 2.24) is 10.2 Å². The number of nitrogens with zero attached hydrogens (tertiary/aromatic N) is 1. The van der Waals surface area contributed by atoms with Gasteiger partial charge in [0.1, 0.15) is 11.5 Å². The van der Waals surface area contributed by atoms with Crippen molar-refractivity contribution in [2.75, 3.05) is 26.2 Å². The molecule has 0 aliphatic carbocycles. The lowest BCUT2D eigenvalue weighted by Gasteiger charge is -2.30. The molecule has 1 aliphatic heterocycles. The van der Waals surface area contributed by atoms with E-state index in [4.69, 9.17) is 9.15 Å². The van der Waals surface area contributed by atoms with Gasteiger partial charge in [0.2, 0.25) is 0 Å². The van der Waals surface area contributed by atoms with Crippen LogP contribution in [0.15, 0.2) is 16.5 Å². The summed E-state index contributed by atoms with van der Waals surface area (Å²) in [5, 5.41) is 3.35. The van der Waals surface area contributed by atoms with Gasteiger partial charge in [0.05, 0.1) is 25.8 Å². The Balaban J connectivity index is 1.78. The van der Waals surface area contributed by atoms with Crippen LogP contribution in [-0.4, -0.2) is 37.2 Å². The second-order valence-electron chi connectivity index (χ2n) is 4.96. The minimum Gasteiger partial charge on any atom is -0.463 e. The summed E-state index contributed by atoms with van der Waals surface area (Å²) in [6.07, 6.45) is 1.48. The average Bonchev–Trinajstić information content (AvgIpc) is 2.77. The van der Waals surface area contributed by atoms with Crippen LogP contribution in [0.3, 0.4) is 0 Å². The van der Waals surface area contributed by atoms with Crippen molar-refractivity contribution in [2.45, 2.75) is 39.5 Å². The van der Waals surface area contributed by atoms with Gasteiger partial charge >= 0.3 is 0 Å². The number of furan rings is 1. The molecule has 2 heterocycles. The van der Waals surface area contributed by atoms with Crippen LogP contribution in [0.1, 0.15) is 31.8 Å².